The first-order valence-electron chi connectivity index (χ1n) is 7.32. The van der Waals surface area contributed by atoms with Crippen LogP contribution in [0.25, 0.3) is 10.9 Å². The molecule has 0 saturated carbocycles. The molecule has 0 radical (unpaired) electrons. The number of halogens is 1. The van der Waals surface area contributed by atoms with Crippen molar-refractivity contribution in [2.45, 2.75) is 20.1 Å². The topological polar surface area (TPSA) is 51.5 Å². The summed E-state index contributed by atoms with van der Waals surface area (Å²) in [4.78, 5) is 11.2. The van der Waals surface area contributed by atoms with Crippen LogP contribution in [0.5, 0.6) is 5.75 Å². The van der Waals surface area contributed by atoms with E-state index in [0.717, 1.165) is 23.0 Å². The Bertz CT molecular complexity index is 853. The summed E-state index contributed by atoms with van der Waals surface area (Å²) in [6, 6.07) is 10.9. The number of hydrogen-bond acceptors (Lipinski definition) is 2. The van der Waals surface area contributed by atoms with Gasteiger partial charge in [0.15, 0.2) is 0 Å². The molecule has 2 aromatic carbocycles. The van der Waals surface area contributed by atoms with Gasteiger partial charge in [-0.1, -0.05) is 0 Å². The minimum Gasteiger partial charge on any atom is -0.489 e. The van der Waals surface area contributed by atoms with E-state index >= 15 is 0 Å². The molecule has 1 N–H and O–H groups in total. The summed E-state index contributed by atoms with van der Waals surface area (Å²) in [5.41, 5.74) is 2.11. The van der Waals surface area contributed by atoms with E-state index in [9.17, 15) is 9.18 Å². The molecule has 0 aliphatic rings. The van der Waals surface area contributed by atoms with E-state index in [-0.39, 0.29) is 18.0 Å². The second kappa shape index (κ2) is 6.12. The Hall–Kier alpha value is -2.82. The molecule has 0 spiro atoms. The zero-order valence-electron chi connectivity index (χ0n) is 12.6. The van der Waals surface area contributed by atoms with Gasteiger partial charge in [-0.2, -0.15) is 0 Å². The van der Waals surface area contributed by atoms with Gasteiger partial charge in [-0.3, -0.25) is 0 Å². The number of aromatic nitrogens is 1. The molecule has 3 rings (SSSR count). The summed E-state index contributed by atoms with van der Waals surface area (Å²) >= 11 is 0. The highest BCUT2D eigenvalue weighted by Gasteiger charge is 2.12. The van der Waals surface area contributed by atoms with Gasteiger partial charge in [0.25, 0.3) is 0 Å². The molecule has 0 aliphatic heterocycles. The minimum atomic E-state index is -0.957. The van der Waals surface area contributed by atoms with Gasteiger partial charge in [-0.15, -0.1) is 0 Å². The Labute approximate surface area is 132 Å². The summed E-state index contributed by atoms with van der Waals surface area (Å²) < 4.78 is 20.6. The summed E-state index contributed by atoms with van der Waals surface area (Å²) in [6.45, 7) is 3.09. The zero-order valence-corrected chi connectivity index (χ0v) is 12.6. The average molecular weight is 313 g/mol. The molecule has 0 unspecified atom stereocenters. The maximum Gasteiger partial charge on any atom is 0.335 e. The van der Waals surface area contributed by atoms with E-state index in [1.54, 1.807) is 24.3 Å². The monoisotopic (exact) mass is 313 g/mol. The van der Waals surface area contributed by atoms with Crippen molar-refractivity contribution in [1.82, 2.24) is 4.57 Å². The van der Waals surface area contributed by atoms with Crippen LogP contribution in [0, 0.1) is 5.82 Å². The van der Waals surface area contributed by atoms with Gasteiger partial charge in [0.2, 0.25) is 0 Å². The predicted molar refractivity (Wildman–Crippen MR) is 85.3 cm³/mol. The first-order valence-corrected chi connectivity index (χ1v) is 7.32. The summed E-state index contributed by atoms with van der Waals surface area (Å²) in [7, 11) is 0. The Morgan fingerprint density at radius 2 is 1.96 bits per heavy atom. The largest absolute Gasteiger partial charge is 0.489 e. The lowest BCUT2D eigenvalue weighted by molar-refractivity contribution is 0.0697. The third-order valence-corrected chi connectivity index (χ3v) is 3.76. The lowest BCUT2D eigenvalue weighted by Crippen LogP contribution is -1.97. The van der Waals surface area contributed by atoms with Crippen molar-refractivity contribution in [2.75, 3.05) is 0 Å². The van der Waals surface area contributed by atoms with E-state index in [1.807, 2.05) is 23.8 Å². The molecule has 0 aliphatic carbocycles. The molecule has 0 atom stereocenters. The molecule has 118 valence electrons. The summed E-state index contributed by atoms with van der Waals surface area (Å²) in [6.07, 6.45) is 1.96. The van der Waals surface area contributed by atoms with Crippen LogP contribution in [0.1, 0.15) is 22.8 Å². The van der Waals surface area contributed by atoms with Gasteiger partial charge >= 0.3 is 5.97 Å². The van der Waals surface area contributed by atoms with Gasteiger partial charge < -0.3 is 14.4 Å². The van der Waals surface area contributed by atoms with Crippen LogP contribution >= 0.6 is 0 Å². The third-order valence-electron chi connectivity index (χ3n) is 3.76. The van der Waals surface area contributed by atoms with Crippen LogP contribution in [-0.2, 0) is 13.2 Å². The molecule has 5 heteroatoms. The van der Waals surface area contributed by atoms with Crippen molar-refractivity contribution >= 4 is 16.9 Å². The second-order valence-electron chi connectivity index (χ2n) is 5.22. The highest BCUT2D eigenvalue weighted by atomic mass is 19.1. The Morgan fingerprint density at radius 3 is 2.61 bits per heavy atom. The Morgan fingerprint density at radius 1 is 1.22 bits per heavy atom. The first-order chi connectivity index (χ1) is 11.1. The normalized spacial score (nSPS) is 10.9. The van der Waals surface area contributed by atoms with E-state index < -0.39 is 5.97 Å². The van der Waals surface area contributed by atoms with Crippen LogP contribution < -0.4 is 4.74 Å². The SMILES string of the molecule is CCn1cc(COc2ccc(F)cc2)c2cc(C(=O)O)ccc21. The van der Waals surface area contributed by atoms with Crippen molar-refractivity contribution in [3.8, 4) is 5.75 Å². The summed E-state index contributed by atoms with van der Waals surface area (Å²) in [5.74, 6) is -0.703. The smallest absolute Gasteiger partial charge is 0.335 e. The molecule has 3 aromatic rings. The quantitative estimate of drug-likeness (QED) is 0.772. The fraction of sp³-hybridized carbons (Fsp3) is 0.167. The standard InChI is InChI=1S/C18H16FNO3/c1-2-20-10-13(11-23-15-6-4-14(19)5-7-15)16-9-12(18(21)22)3-8-17(16)20/h3-10H,2,11H2,1H3,(H,21,22). The van der Waals surface area contributed by atoms with Crippen LogP contribution in [0.15, 0.2) is 48.7 Å². The van der Waals surface area contributed by atoms with Gasteiger partial charge in [0, 0.05) is 29.2 Å². The number of fused-ring (bicyclic) bond motifs is 1. The molecule has 1 heterocycles. The number of ether oxygens (including phenoxy) is 1. The molecule has 1 aromatic heterocycles. The van der Waals surface area contributed by atoms with Crippen LogP contribution in [0.2, 0.25) is 0 Å². The lowest BCUT2D eigenvalue weighted by atomic mass is 10.1. The zero-order chi connectivity index (χ0) is 16.4. The summed E-state index contributed by atoms with van der Waals surface area (Å²) in [5, 5.41) is 10.0. The molecule has 0 amide bonds. The minimum absolute atomic E-state index is 0.245. The number of carboxylic acid groups (broad SMARTS) is 1. The van der Waals surface area contributed by atoms with E-state index in [1.165, 1.54) is 12.1 Å². The number of aryl methyl sites for hydroxylation is 1. The first kappa shape index (κ1) is 15.1. The average Bonchev–Trinajstić information content (AvgIpc) is 2.91. The van der Waals surface area contributed by atoms with Crippen LogP contribution in [0.4, 0.5) is 4.39 Å². The van der Waals surface area contributed by atoms with Crippen molar-refractivity contribution in [3.63, 3.8) is 0 Å². The number of carbonyl (C=O) groups is 1. The number of carboxylic acids is 1. The molecule has 23 heavy (non-hydrogen) atoms. The maximum absolute atomic E-state index is 12.9. The number of benzene rings is 2. The maximum atomic E-state index is 12.9. The van der Waals surface area contributed by atoms with Crippen LogP contribution in [0.3, 0.4) is 0 Å². The fourth-order valence-electron chi connectivity index (χ4n) is 2.57. The molecule has 0 fully saturated rings. The highest BCUT2D eigenvalue weighted by molar-refractivity contribution is 5.95. The van der Waals surface area contributed by atoms with Crippen molar-refractivity contribution < 1.29 is 19.0 Å². The van der Waals surface area contributed by atoms with Gasteiger partial charge in [0.1, 0.15) is 18.2 Å². The van der Waals surface area contributed by atoms with E-state index in [2.05, 4.69) is 0 Å². The second-order valence-corrected chi connectivity index (χ2v) is 5.22. The molecular formula is C18H16FNO3. The third kappa shape index (κ3) is 3.04. The van der Waals surface area contributed by atoms with Gasteiger partial charge in [-0.25, -0.2) is 9.18 Å². The molecule has 0 saturated heterocycles. The number of nitrogens with zero attached hydrogens (tertiary/aromatic N) is 1. The van der Waals surface area contributed by atoms with Gasteiger partial charge in [-0.05, 0) is 49.4 Å². The number of hydrogen-bond donors (Lipinski definition) is 1. The fourth-order valence-corrected chi connectivity index (χ4v) is 2.57. The molecule has 4 nitrogen and oxygen atoms in total. The molecule has 0 bridgehead atoms. The van der Waals surface area contributed by atoms with Crippen molar-refractivity contribution in [3.05, 3.63) is 65.6 Å². The van der Waals surface area contributed by atoms with E-state index in [0.29, 0.717) is 5.75 Å². The van der Waals surface area contributed by atoms with Crippen molar-refractivity contribution in [1.29, 1.82) is 0 Å². The highest BCUT2D eigenvalue weighted by Crippen LogP contribution is 2.25. The number of rotatable bonds is 5. The number of aromatic carboxylic acids is 1. The molecular weight excluding hydrogens is 297 g/mol. The Balaban J connectivity index is 1.93. The predicted octanol–water partition coefficient (Wildman–Crippen LogP) is 4.08. The van der Waals surface area contributed by atoms with Crippen LogP contribution in [-0.4, -0.2) is 15.6 Å². The van der Waals surface area contributed by atoms with Gasteiger partial charge in [0.05, 0.1) is 5.56 Å². The van der Waals surface area contributed by atoms with Crippen molar-refractivity contribution in [2.24, 2.45) is 0 Å². The van der Waals surface area contributed by atoms with E-state index in [4.69, 9.17) is 9.84 Å². The Kier molecular flexibility index (Phi) is 4.02. The lowest BCUT2D eigenvalue weighted by Gasteiger charge is -2.05.